The first-order valence-electron chi connectivity index (χ1n) is 16.8. The number of benzene rings is 3. The number of allylic oxidation sites excluding steroid dienone is 3. The number of amides is 4. The van der Waals surface area contributed by atoms with E-state index >= 15 is 0 Å². The Morgan fingerprint density at radius 3 is 1.86 bits per heavy atom. The van der Waals surface area contributed by atoms with Crippen molar-refractivity contribution >= 4 is 23.6 Å². The zero-order valence-electron chi connectivity index (χ0n) is 26.7. The summed E-state index contributed by atoms with van der Waals surface area (Å²) >= 11 is 0. The number of nitrogens with zero attached hydrogens (tertiary/aromatic N) is 2. The normalized spacial score (nSPS) is 27.2. The molecule has 3 aromatic carbocycles. The number of fused-ring (bicyclic) bond motifs is 5. The van der Waals surface area contributed by atoms with Gasteiger partial charge in [-0.1, -0.05) is 35.9 Å². The van der Waals surface area contributed by atoms with Gasteiger partial charge in [-0.3, -0.25) is 29.0 Å². The molecule has 10 nitrogen and oxygen atoms in total. The quantitative estimate of drug-likeness (QED) is 0.252. The van der Waals surface area contributed by atoms with E-state index in [1.165, 1.54) is 9.80 Å². The molecule has 5 aliphatic rings. The van der Waals surface area contributed by atoms with E-state index in [4.69, 9.17) is 4.74 Å². The van der Waals surface area contributed by atoms with Crippen molar-refractivity contribution in [1.82, 2.24) is 9.80 Å². The molecule has 250 valence electrons. The first-order chi connectivity index (χ1) is 23.7. The largest absolute Gasteiger partial charge is 0.508 e. The van der Waals surface area contributed by atoms with Gasteiger partial charge >= 0.3 is 0 Å². The molecule has 49 heavy (non-hydrogen) atoms. The fraction of sp³-hybridized carbons (Fsp3) is 0.333. The van der Waals surface area contributed by atoms with Crippen molar-refractivity contribution in [2.45, 2.75) is 32.1 Å². The smallest absolute Gasteiger partial charge is 0.234 e. The van der Waals surface area contributed by atoms with E-state index in [-0.39, 0.29) is 54.0 Å². The summed E-state index contributed by atoms with van der Waals surface area (Å²) in [6.07, 6.45) is 5.62. The van der Waals surface area contributed by atoms with Gasteiger partial charge in [-0.15, -0.1) is 0 Å². The minimum absolute atomic E-state index is 0.0951. The van der Waals surface area contributed by atoms with Crippen LogP contribution >= 0.6 is 0 Å². The van der Waals surface area contributed by atoms with Crippen LogP contribution in [0.15, 0.2) is 90.2 Å². The summed E-state index contributed by atoms with van der Waals surface area (Å²) < 4.78 is 6.02. The molecule has 0 spiro atoms. The summed E-state index contributed by atoms with van der Waals surface area (Å²) in [5.74, 6) is -3.43. The summed E-state index contributed by atoms with van der Waals surface area (Å²) in [6.45, 7) is 0.404. The van der Waals surface area contributed by atoms with Crippen molar-refractivity contribution in [1.29, 1.82) is 0 Å². The number of likely N-dealkylation sites (tertiary alicyclic amines) is 2. The Morgan fingerprint density at radius 1 is 0.653 bits per heavy atom. The van der Waals surface area contributed by atoms with E-state index in [0.717, 1.165) is 27.8 Å². The van der Waals surface area contributed by atoms with Gasteiger partial charge in [0, 0.05) is 31.0 Å². The number of phenolic OH excluding ortho intramolecular Hbond substituents is 3. The van der Waals surface area contributed by atoms with Crippen molar-refractivity contribution in [3.8, 4) is 23.0 Å². The van der Waals surface area contributed by atoms with Crippen LogP contribution in [0.3, 0.4) is 0 Å². The van der Waals surface area contributed by atoms with Crippen molar-refractivity contribution < 1.29 is 39.2 Å². The molecule has 1 saturated carbocycles. The van der Waals surface area contributed by atoms with Crippen LogP contribution in [0.2, 0.25) is 0 Å². The second-order valence-electron chi connectivity index (χ2n) is 13.8. The Hall–Kier alpha value is -5.38. The van der Waals surface area contributed by atoms with Gasteiger partial charge in [0.2, 0.25) is 23.6 Å². The summed E-state index contributed by atoms with van der Waals surface area (Å²) in [4.78, 5) is 59.0. The van der Waals surface area contributed by atoms with Crippen LogP contribution in [-0.4, -0.2) is 61.8 Å². The third kappa shape index (κ3) is 5.26. The number of aromatic hydroxyl groups is 3. The average Bonchev–Trinajstić information content (AvgIpc) is 3.49. The molecule has 3 aromatic rings. The Balaban J connectivity index is 1.11. The van der Waals surface area contributed by atoms with Crippen molar-refractivity contribution in [2.75, 3.05) is 13.1 Å². The van der Waals surface area contributed by atoms with E-state index in [9.17, 15) is 34.5 Å². The molecular formula is C39H36N2O8. The Labute approximate surface area is 282 Å². The molecule has 3 N–H and O–H groups in total. The minimum Gasteiger partial charge on any atom is -0.508 e. The van der Waals surface area contributed by atoms with Gasteiger partial charge < -0.3 is 20.1 Å². The Morgan fingerprint density at radius 2 is 1.22 bits per heavy atom. The van der Waals surface area contributed by atoms with Crippen LogP contribution in [-0.2, 0) is 38.4 Å². The highest BCUT2D eigenvalue weighted by molar-refractivity contribution is 6.07. The average molecular weight is 661 g/mol. The molecule has 3 aliphatic heterocycles. The van der Waals surface area contributed by atoms with Crippen LogP contribution < -0.4 is 4.74 Å². The number of hydrogen-bond donors (Lipinski definition) is 3. The maximum Gasteiger partial charge on any atom is 0.234 e. The predicted octanol–water partition coefficient (Wildman–Crippen LogP) is 4.28. The van der Waals surface area contributed by atoms with E-state index in [1.54, 1.807) is 73.0 Å². The molecule has 8 rings (SSSR count). The topological polar surface area (TPSA) is 145 Å². The third-order valence-electron chi connectivity index (χ3n) is 11.1. The Bertz CT molecular complexity index is 1930. The van der Waals surface area contributed by atoms with Gasteiger partial charge in [0.15, 0.2) is 0 Å². The zero-order chi connectivity index (χ0) is 34.0. The summed E-state index contributed by atoms with van der Waals surface area (Å²) in [6, 6.07) is 18.3. The van der Waals surface area contributed by atoms with Gasteiger partial charge in [-0.05, 0) is 90.8 Å². The van der Waals surface area contributed by atoms with E-state index in [0.29, 0.717) is 37.9 Å². The van der Waals surface area contributed by atoms with Gasteiger partial charge in [-0.25, -0.2) is 0 Å². The summed E-state index contributed by atoms with van der Waals surface area (Å²) in [7, 11) is 0. The molecule has 0 bridgehead atoms. The molecule has 2 aliphatic carbocycles. The second-order valence-corrected chi connectivity index (χ2v) is 13.8. The van der Waals surface area contributed by atoms with Gasteiger partial charge in [0.25, 0.3) is 0 Å². The lowest BCUT2D eigenvalue weighted by molar-refractivity contribution is -0.142. The minimum atomic E-state index is -0.683. The number of carbonyl (C=O) groups excluding carboxylic acids is 4. The number of hydrogen-bond acceptors (Lipinski definition) is 8. The Kier molecular flexibility index (Phi) is 7.54. The van der Waals surface area contributed by atoms with Crippen LogP contribution in [0, 0.1) is 35.5 Å². The maximum atomic E-state index is 14.3. The highest BCUT2D eigenvalue weighted by Crippen LogP contribution is 2.57. The lowest BCUT2D eigenvalue weighted by atomic mass is 9.56. The fourth-order valence-electron chi connectivity index (χ4n) is 8.79. The van der Waals surface area contributed by atoms with Crippen LogP contribution in [0.25, 0.3) is 0 Å². The molecular weight excluding hydrogens is 624 g/mol. The number of rotatable bonds is 7. The van der Waals surface area contributed by atoms with E-state index in [1.807, 2.05) is 6.08 Å². The fourth-order valence-corrected chi connectivity index (χ4v) is 8.79. The molecule has 6 atom stereocenters. The van der Waals surface area contributed by atoms with Gasteiger partial charge in [0.05, 0.1) is 29.9 Å². The molecule has 2 saturated heterocycles. The zero-order valence-corrected chi connectivity index (χ0v) is 26.7. The highest BCUT2D eigenvalue weighted by atomic mass is 16.5. The lowest BCUT2D eigenvalue weighted by Gasteiger charge is -2.45. The molecule has 0 unspecified atom stereocenters. The molecule has 10 heteroatoms. The van der Waals surface area contributed by atoms with Crippen molar-refractivity contribution in [3.05, 3.63) is 107 Å². The van der Waals surface area contributed by atoms with Crippen LogP contribution in [0.1, 0.15) is 29.5 Å². The summed E-state index contributed by atoms with van der Waals surface area (Å²) in [5.41, 5.74) is 4.24. The first-order valence-corrected chi connectivity index (χ1v) is 16.8. The summed E-state index contributed by atoms with van der Waals surface area (Å²) in [5, 5.41) is 29.6. The molecule has 4 amide bonds. The number of carbonyl (C=O) groups is 4. The highest BCUT2D eigenvalue weighted by Gasteiger charge is 2.62. The van der Waals surface area contributed by atoms with Crippen molar-refractivity contribution in [3.63, 3.8) is 0 Å². The van der Waals surface area contributed by atoms with E-state index in [2.05, 4.69) is 0 Å². The first kappa shape index (κ1) is 30.9. The standard InChI is InChI=1S/C39H36N2O8/c42-25-5-1-21(2-6-25)13-15-40-36(45)29-11-10-28-30(34(29)38(40)47)19-31-35(33(28)24-17-23-18-27(44)9-12-32(23)49-20-24)39(48)41(37(31)46)16-14-22-3-7-26(43)8-4-22/h1-10,12,18,20,29-31,33-35,42-44H,11,13-17,19H2/t29-,30+,31+,33-,34-,35+/m0/s1. The number of ether oxygens (including phenoxy) is 1. The van der Waals surface area contributed by atoms with Gasteiger partial charge in [0.1, 0.15) is 23.0 Å². The van der Waals surface area contributed by atoms with Crippen LogP contribution in [0.5, 0.6) is 23.0 Å². The SMILES string of the molecule is O=C1[C@H]2[C@H](CC=C3[C@H](C4=COc5ccc(O)cc5C4)[C@@H]4C(=O)N(CCc5ccc(O)cc5)C(=O)[C@@H]4C[C@H]32)C(=O)N1CCc1ccc(O)cc1. The maximum absolute atomic E-state index is 14.3. The monoisotopic (exact) mass is 660 g/mol. The number of imide groups is 2. The molecule has 3 fully saturated rings. The molecule has 3 heterocycles. The third-order valence-corrected chi connectivity index (χ3v) is 11.1. The predicted molar refractivity (Wildman–Crippen MR) is 176 cm³/mol. The molecule has 0 radical (unpaired) electrons. The lowest BCUT2D eigenvalue weighted by Crippen LogP contribution is -2.45. The van der Waals surface area contributed by atoms with Crippen molar-refractivity contribution in [2.24, 2.45) is 35.5 Å². The van der Waals surface area contributed by atoms with E-state index < -0.39 is 35.5 Å². The molecule has 0 aromatic heterocycles. The second kappa shape index (κ2) is 11.9. The van der Waals surface area contributed by atoms with Crippen LogP contribution in [0.4, 0.5) is 0 Å². The number of phenols is 3. The van der Waals surface area contributed by atoms with Gasteiger partial charge in [-0.2, -0.15) is 0 Å².